The van der Waals surface area contributed by atoms with Gasteiger partial charge in [0.25, 0.3) is 0 Å². The van der Waals surface area contributed by atoms with Crippen LogP contribution in [0.4, 0.5) is 5.69 Å². The van der Waals surface area contributed by atoms with Gasteiger partial charge < -0.3 is 9.64 Å². The summed E-state index contributed by atoms with van der Waals surface area (Å²) in [5, 5.41) is 0. The fourth-order valence-corrected chi connectivity index (χ4v) is 3.09. The molecule has 1 aliphatic rings. The van der Waals surface area contributed by atoms with Gasteiger partial charge in [0.15, 0.2) is 0 Å². The summed E-state index contributed by atoms with van der Waals surface area (Å²) in [5.41, 5.74) is 6.85. The van der Waals surface area contributed by atoms with E-state index in [0.717, 1.165) is 25.3 Å². The molecule has 104 valence electrons. The molecule has 0 radical (unpaired) electrons. The van der Waals surface area contributed by atoms with E-state index in [1.54, 1.807) is 7.11 Å². The highest BCUT2D eigenvalue weighted by Crippen LogP contribution is 2.39. The predicted octanol–water partition coefficient (Wildman–Crippen LogP) is 4.11. The third kappa shape index (κ3) is 2.05. The Hall–Kier alpha value is -1.96. The van der Waals surface area contributed by atoms with Gasteiger partial charge in [-0.05, 0) is 66.8 Å². The van der Waals surface area contributed by atoms with E-state index in [4.69, 9.17) is 4.74 Å². The summed E-state index contributed by atoms with van der Waals surface area (Å²) in [6.07, 6.45) is 1.01. The molecule has 0 aliphatic heterocycles. The zero-order chi connectivity index (χ0) is 14.1. The molecule has 0 N–H and O–H groups in total. The van der Waals surface area contributed by atoms with Crippen LogP contribution in [0.5, 0.6) is 5.75 Å². The fraction of sp³-hybridized carbons (Fsp3) is 0.333. The molecule has 0 unspecified atom stereocenters. The van der Waals surface area contributed by atoms with Gasteiger partial charge in [0.05, 0.1) is 7.11 Å². The van der Waals surface area contributed by atoms with E-state index in [1.807, 2.05) is 6.07 Å². The van der Waals surface area contributed by atoms with Crippen LogP contribution in [-0.4, -0.2) is 20.2 Å². The number of ether oxygens (including phenoxy) is 1. The van der Waals surface area contributed by atoms with E-state index in [-0.39, 0.29) is 0 Å². The van der Waals surface area contributed by atoms with Crippen LogP contribution in [0.1, 0.15) is 25.0 Å². The van der Waals surface area contributed by atoms with Crippen molar-refractivity contribution in [2.24, 2.45) is 0 Å². The van der Waals surface area contributed by atoms with Crippen molar-refractivity contribution in [3.05, 3.63) is 47.5 Å². The number of hydrogen-bond donors (Lipinski definition) is 0. The van der Waals surface area contributed by atoms with Crippen LogP contribution in [-0.2, 0) is 6.42 Å². The molecule has 0 spiro atoms. The number of benzene rings is 2. The second kappa shape index (κ2) is 5.20. The fourth-order valence-electron chi connectivity index (χ4n) is 3.09. The average molecular weight is 267 g/mol. The summed E-state index contributed by atoms with van der Waals surface area (Å²) in [7, 11) is 1.72. The van der Waals surface area contributed by atoms with Gasteiger partial charge in [-0.2, -0.15) is 0 Å². The van der Waals surface area contributed by atoms with Crippen LogP contribution in [0, 0.1) is 0 Å². The van der Waals surface area contributed by atoms with Gasteiger partial charge in [0, 0.05) is 18.8 Å². The maximum Gasteiger partial charge on any atom is 0.119 e. The second-order valence-electron chi connectivity index (χ2n) is 5.21. The lowest BCUT2D eigenvalue weighted by Gasteiger charge is -2.21. The first-order valence-corrected chi connectivity index (χ1v) is 7.32. The van der Waals surface area contributed by atoms with E-state index < -0.39 is 0 Å². The molecule has 20 heavy (non-hydrogen) atoms. The van der Waals surface area contributed by atoms with Crippen molar-refractivity contribution in [1.82, 2.24) is 0 Å². The quantitative estimate of drug-likeness (QED) is 0.705. The molecule has 0 bridgehead atoms. The molecule has 0 atom stereocenters. The molecule has 0 fully saturated rings. The van der Waals surface area contributed by atoms with Crippen molar-refractivity contribution in [2.75, 3.05) is 25.1 Å². The van der Waals surface area contributed by atoms with Crippen molar-refractivity contribution in [1.29, 1.82) is 0 Å². The Balaban J connectivity index is 1.99. The van der Waals surface area contributed by atoms with Gasteiger partial charge >= 0.3 is 0 Å². The van der Waals surface area contributed by atoms with Crippen LogP contribution in [0.3, 0.4) is 0 Å². The molecule has 0 amide bonds. The lowest BCUT2D eigenvalue weighted by molar-refractivity contribution is 0.414. The lowest BCUT2D eigenvalue weighted by atomic mass is 10.1. The minimum absolute atomic E-state index is 0.945. The number of methoxy groups -OCH3 is 1. The van der Waals surface area contributed by atoms with Gasteiger partial charge in [-0.25, -0.2) is 0 Å². The third-order valence-corrected chi connectivity index (χ3v) is 4.20. The Labute approximate surface area is 121 Å². The maximum atomic E-state index is 5.33. The zero-order valence-electron chi connectivity index (χ0n) is 12.4. The first-order valence-electron chi connectivity index (χ1n) is 7.32. The van der Waals surface area contributed by atoms with E-state index in [9.17, 15) is 0 Å². The number of hydrogen-bond acceptors (Lipinski definition) is 2. The summed E-state index contributed by atoms with van der Waals surface area (Å²) >= 11 is 0. The standard InChI is InChI=1S/C18H21NO/c1-4-19(5-2)15-6-8-17-13(11-15)10-14-12-16(20-3)7-9-18(14)17/h6-9,11-12H,4-5,10H2,1-3H3. The average Bonchev–Trinajstić information content (AvgIpc) is 2.85. The van der Waals surface area contributed by atoms with Gasteiger partial charge in [-0.15, -0.1) is 0 Å². The van der Waals surface area contributed by atoms with Crippen molar-refractivity contribution >= 4 is 5.69 Å². The molecule has 0 aromatic heterocycles. The summed E-state index contributed by atoms with van der Waals surface area (Å²) in [4.78, 5) is 2.39. The lowest BCUT2D eigenvalue weighted by Crippen LogP contribution is -2.21. The van der Waals surface area contributed by atoms with Crippen LogP contribution >= 0.6 is 0 Å². The Bertz CT molecular complexity index is 629. The Morgan fingerprint density at radius 2 is 1.60 bits per heavy atom. The highest BCUT2D eigenvalue weighted by atomic mass is 16.5. The molecule has 1 aliphatic carbocycles. The van der Waals surface area contributed by atoms with Gasteiger partial charge in [-0.1, -0.05) is 12.1 Å². The highest BCUT2D eigenvalue weighted by molar-refractivity contribution is 5.79. The van der Waals surface area contributed by atoms with Crippen LogP contribution < -0.4 is 9.64 Å². The second-order valence-corrected chi connectivity index (χ2v) is 5.21. The molecule has 2 aromatic rings. The number of anilines is 1. The number of rotatable bonds is 4. The van der Waals surface area contributed by atoms with E-state index in [0.29, 0.717) is 0 Å². The first-order chi connectivity index (χ1) is 9.76. The minimum atomic E-state index is 0.945. The smallest absolute Gasteiger partial charge is 0.119 e. The van der Waals surface area contributed by atoms with Gasteiger partial charge in [0.2, 0.25) is 0 Å². The summed E-state index contributed by atoms with van der Waals surface area (Å²) < 4.78 is 5.33. The van der Waals surface area contributed by atoms with Crippen LogP contribution in [0.2, 0.25) is 0 Å². The summed E-state index contributed by atoms with van der Waals surface area (Å²) in [6.45, 7) is 6.51. The summed E-state index contributed by atoms with van der Waals surface area (Å²) in [6, 6.07) is 13.2. The van der Waals surface area contributed by atoms with E-state index in [1.165, 1.54) is 27.9 Å². The third-order valence-electron chi connectivity index (χ3n) is 4.20. The van der Waals surface area contributed by atoms with Crippen molar-refractivity contribution in [3.8, 4) is 16.9 Å². The predicted molar refractivity (Wildman–Crippen MR) is 84.8 cm³/mol. The topological polar surface area (TPSA) is 12.5 Å². The van der Waals surface area contributed by atoms with E-state index in [2.05, 4.69) is 49.1 Å². The van der Waals surface area contributed by atoms with Crippen molar-refractivity contribution < 1.29 is 4.74 Å². The molecular weight excluding hydrogens is 246 g/mol. The maximum absolute atomic E-state index is 5.33. The Morgan fingerprint density at radius 1 is 0.950 bits per heavy atom. The normalized spacial score (nSPS) is 11.9. The summed E-state index contributed by atoms with van der Waals surface area (Å²) in [5.74, 6) is 0.945. The van der Waals surface area contributed by atoms with Gasteiger partial charge in [-0.3, -0.25) is 0 Å². The van der Waals surface area contributed by atoms with Gasteiger partial charge in [0.1, 0.15) is 5.75 Å². The highest BCUT2D eigenvalue weighted by Gasteiger charge is 2.19. The molecule has 2 aromatic carbocycles. The molecule has 0 heterocycles. The van der Waals surface area contributed by atoms with Crippen LogP contribution in [0.15, 0.2) is 36.4 Å². The number of fused-ring (bicyclic) bond motifs is 3. The molecule has 2 nitrogen and oxygen atoms in total. The monoisotopic (exact) mass is 267 g/mol. The molecule has 0 saturated heterocycles. The SMILES string of the molecule is CCN(CC)c1ccc2c(c1)Cc1cc(OC)ccc1-2. The molecular formula is C18H21NO. The largest absolute Gasteiger partial charge is 0.497 e. The Kier molecular flexibility index (Phi) is 3.39. The number of nitrogens with zero attached hydrogens (tertiary/aromatic N) is 1. The Morgan fingerprint density at radius 3 is 2.25 bits per heavy atom. The minimum Gasteiger partial charge on any atom is -0.497 e. The molecule has 0 saturated carbocycles. The van der Waals surface area contributed by atoms with Crippen LogP contribution in [0.25, 0.3) is 11.1 Å². The first kappa shape index (κ1) is 13.0. The van der Waals surface area contributed by atoms with Crippen molar-refractivity contribution in [2.45, 2.75) is 20.3 Å². The van der Waals surface area contributed by atoms with E-state index >= 15 is 0 Å². The molecule has 3 rings (SSSR count). The van der Waals surface area contributed by atoms with Crippen molar-refractivity contribution in [3.63, 3.8) is 0 Å². The molecule has 2 heteroatoms. The zero-order valence-corrected chi connectivity index (χ0v) is 12.4.